The summed E-state index contributed by atoms with van der Waals surface area (Å²) in [5, 5.41) is 9.37. The molecule has 0 aliphatic rings. The Balaban J connectivity index is 2.20. The lowest BCUT2D eigenvalue weighted by Gasteiger charge is -2.06. The van der Waals surface area contributed by atoms with Crippen molar-refractivity contribution >= 4 is 23.4 Å². The summed E-state index contributed by atoms with van der Waals surface area (Å²) in [5.74, 6) is -1.43. The van der Waals surface area contributed by atoms with Crippen LogP contribution in [-0.2, 0) is 4.79 Å². The van der Waals surface area contributed by atoms with E-state index in [2.05, 4.69) is 6.58 Å². The highest BCUT2D eigenvalue weighted by Gasteiger charge is 2.12. The van der Waals surface area contributed by atoms with E-state index >= 15 is 0 Å². The van der Waals surface area contributed by atoms with Gasteiger partial charge in [0.25, 0.3) is 0 Å². The second-order valence-electron chi connectivity index (χ2n) is 4.57. The smallest absolute Gasteiger partial charge is 0.331 e. The van der Waals surface area contributed by atoms with Crippen molar-refractivity contribution in [3.05, 3.63) is 71.3 Å². The molecule has 0 atom stereocenters. The fraction of sp³-hybridized carbons (Fsp3) is 0.0588. The standard InChI is InChI=1S/C17H13ClO3/c1-11(17(20)21)10-16(19)13-8-6-12(7-9-13)14-4-2-3-5-15(14)18/h2-9H,1,10H2,(H,20,21). The van der Waals surface area contributed by atoms with Gasteiger partial charge in [0.05, 0.1) is 0 Å². The molecule has 1 N–H and O–H groups in total. The number of carboxylic acids is 1. The molecule has 0 bridgehead atoms. The average Bonchev–Trinajstić information content (AvgIpc) is 2.47. The van der Waals surface area contributed by atoms with Crippen LogP contribution in [0.15, 0.2) is 60.7 Å². The van der Waals surface area contributed by atoms with Crippen molar-refractivity contribution < 1.29 is 14.7 Å². The van der Waals surface area contributed by atoms with Crippen LogP contribution < -0.4 is 0 Å². The van der Waals surface area contributed by atoms with Crippen molar-refractivity contribution in [2.75, 3.05) is 0 Å². The van der Waals surface area contributed by atoms with E-state index in [1.807, 2.05) is 18.2 Å². The molecule has 106 valence electrons. The summed E-state index contributed by atoms with van der Waals surface area (Å²) in [4.78, 5) is 22.6. The number of carbonyl (C=O) groups is 2. The second kappa shape index (κ2) is 6.37. The van der Waals surface area contributed by atoms with Gasteiger partial charge in [-0.1, -0.05) is 60.6 Å². The first-order chi connectivity index (χ1) is 9.99. The molecule has 0 heterocycles. The van der Waals surface area contributed by atoms with Gasteiger partial charge in [0.15, 0.2) is 5.78 Å². The van der Waals surface area contributed by atoms with Crippen LogP contribution in [-0.4, -0.2) is 16.9 Å². The maximum Gasteiger partial charge on any atom is 0.331 e. The predicted molar refractivity (Wildman–Crippen MR) is 82.6 cm³/mol. The van der Waals surface area contributed by atoms with Crippen LogP contribution in [0.25, 0.3) is 11.1 Å². The first-order valence-electron chi connectivity index (χ1n) is 6.28. The SMILES string of the molecule is C=C(CC(=O)c1ccc(-c2ccccc2Cl)cc1)C(=O)O. The molecule has 4 heteroatoms. The van der Waals surface area contributed by atoms with Crippen LogP contribution in [0.3, 0.4) is 0 Å². The van der Waals surface area contributed by atoms with Gasteiger partial charge in [-0.3, -0.25) is 4.79 Å². The van der Waals surface area contributed by atoms with Gasteiger partial charge < -0.3 is 5.11 Å². The molecule has 0 amide bonds. The number of aliphatic carboxylic acids is 1. The minimum absolute atomic E-state index is 0.116. The van der Waals surface area contributed by atoms with Gasteiger partial charge in [0, 0.05) is 28.1 Å². The zero-order valence-corrected chi connectivity index (χ0v) is 11.9. The fourth-order valence-electron chi connectivity index (χ4n) is 1.90. The van der Waals surface area contributed by atoms with Crippen molar-refractivity contribution in [1.29, 1.82) is 0 Å². The van der Waals surface area contributed by atoms with Gasteiger partial charge in [-0.05, 0) is 11.6 Å². The number of hydrogen-bond acceptors (Lipinski definition) is 2. The van der Waals surface area contributed by atoms with Crippen molar-refractivity contribution in [3.8, 4) is 11.1 Å². The summed E-state index contributed by atoms with van der Waals surface area (Å²) in [6, 6.07) is 14.3. The molecule has 0 aromatic heterocycles. The Labute approximate surface area is 127 Å². The molecule has 0 spiro atoms. The van der Waals surface area contributed by atoms with E-state index in [1.165, 1.54) is 0 Å². The van der Waals surface area contributed by atoms with Crippen LogP contribution in [0.2, 0.25) is 5.02 Å². The molecule has 0 radical (unpaired) electrons. The quantitative estimate of drug-likeness (QED) is 0.664. The number of halogens is 1. The molecule has 2 aromatic rings. The summed E-state index contributed by atoms with van der Waals surface area (Å²) in [7, 11) is 0. The normalized spacial score (nSPS) is 10.1. The van der Waals surface area contributed by atoms with Crippen LogP contribution >= 0.6 is 11.6 Å². The lowest BCUT2D eigenvalue weighted by molar-refractivity contribution is -0.132. The summed E-state index contributed by atoms with van der Waals surface area (Å²) in [6.07, 6.45) is -0.194. The number of carbonyl (C=O) groups excluding carboxylic acids is 1. The molecular weight excluding hydrogens is 288 g/mol. The van der Waals surface area contributed by atoms with Crippen molar-refractivity contribution in [2.24, 2.45) is 0 Å². The van der Waals surface area contributed by atoms with E-state index in [4.69, 9.17) is 16.7 Å². The van der Waals surface area contributed by atoms with E-state index < -0.39 is 5.97 Å². The van der Waals surface area contributed by atoms with Gasteiger partial charge in [-0.25, -0.2) is 4.79 Å². The van der Waals surface area contributed by atoms with Crippen molar-refractivity contribution in [3.63, 3.8) is 0 Å². The highest BCUT2D eigenvalue weighted by Crippen LogP contribution is 2.27. The Kier molecular flexibility index (Phi) is 4.55. The Morgan fingerprint density at radius 1 is 1.05 bits per heavy atom. The molecule has 2 aromatic carbocycles. The molecule has 0 saturated heterocycles. The highest BCUT2D eigenvalue weighted by atomic mass is 35.5. The minimum atomic E-state index is -1.16. The second-order valence-corrected chi connectivity index (χ2v) is 4.97. The first-order valence-corrected chi connectivity index (χ1v) is 6.66. The first kappa shape index (κ1) is 15.0. The predicted octanol–water partition coefficient (Wildman–Crippen LogP) is 4.22. The highest BCUT2D eigenvalue weighted by molar-refractivity contribution is 6.33. The van der Waals surface area contributed by atoms with Crippen molar-refractivity contribution in [1.82, 2.24) is 0 Å². The van der Waals surface area contributed by atoms with E-state index in [0.717, 1.165) is 11.1 Å². The molecule has 0 saturated carbocycles. The van der Waals surface area contributed by atoms with Gasteiger partial charge in [-0.2, -0.15) is 0 Å². The molecule has 0 fully saturated rings. The molecule has 3 nitrogen and oxygen atoms in total. The van der Waals surface area contributed by atoms with Crippen LogP contribution in [0, 0.1) is 0 Å². The third kappa shape index (κ3) is 3.58. The zero-order valence-electron chi connectivity index (χ0n) is 11.2. The van der Waals surface area contributed by atoms with E-state index in [9.17, 15) is 9.59 Å². The largest absolute Gasteiger partial charge is 0.478 e. The lowest BCUT2D eigenvalue weighted by Crippen LogP contribution is -2.06. The topological polar surface area (TPSA) is 54.4 Å². The third-order valence-corrected chi connectivity index (χ3v) is 3.40. The molecule has 21 heavy (non-hydrogen) atoms. The van der Waals surface area contributed by atoms with Crippen LogP contribution in [0.4, 0.5) is 0 Å². The number of carboxylic acid groups (broad SMARTS) is 1. The van der Waals surface area contributed by atoms with Gasteiger partial charge >= 0.3 is 5.97 Å². The van der Waals surface area contributed by atoms with E-state index in [1.54, 1.807) is 30.3 Å². The zero-order chi connectivity index (χ0) is 15.4. The Morgan fingerprint density at radius 2 is 1.67 bits per heavy atom. The maximum atomic E-state index is 11.9. The summed E-state index contributed by atoms with van der Waals surface area (Å²) < 4.78 is 0. The van der Waals surface area contributed by atoms with Gasteiger partial charge in [0.2, 0.25) is 0 Å². The minimum Gasteiger partial charge on any atom is -0.478 e. The average molecular weight is 301 g/mol. The number of hydrogen-bond donors (Lipinski definition) is 1. The van der Waals surface area contributed by atoms with E-state index in [0.29, 0.717) is 10.6 Å². The van der Waals surface area contributed by atoms with Gasteiger partial charge in [-0.15, -0.1) is 0 Å². The third-order valence-electron chi connectivity index (χ3n) is 3.07. The number of benzene rings is 2. The summed E-state index contributed by atoms with van der Waals surface area (Å²) in [6.45, 7) is 3.36. The molecular formula is C17H13ClO3. The number of rotatable bonds is 5. The summed E-state index contributed by atoms with van der Waals surface area (Å²) in [5.41, 5.74) is 2.12. The lowest BCUT2D eigenvalue weighted by atomic mass is 10.00. The Morgan fingerprint density at radius 3 is 2.24 bits per heavy atom. The molecule has 0 aliphatic heterocycles. The number of ketones is 1. The Hall–Kier alpha value is -2.39. The number of Topliss-reactive ketones (excluding diaryl/α,β-unsaturated/α-hetero) is 1. The molecule has 2 rings (SSSR count). The van der Waals surface area contributed by atoms with Crippen LogP contribution in [0.5, 0.6) is 0 Å². The van der Waals surface area contributed by atoms with Crippen LogP contribution in [0.1, 0.15) is 16.8 Å². The molecule has 0 aliphatic carbocycles. The summed E-state index contributed by atoms with van der Waals surface area (Å²) >= 11 is 6.12. The fourth-order valence-corrected chi connectivity index (χ4v) is 2.15. The Bertz CT molecular complexity index is 702. The van der Waals surface area contributed by atoms with Crippen molar-refractivity contribution in [2.45, 2.75) is 6.42 Å². The monoisotopic (exact) mass is 300 g/mol. The van der Waals surface area contributed by atoms with E-state index in [-0.39, 0.29) is 17.8 Å². The molecule has 0 unspecified atom stereocenters. The maximum absolute atomic E-state index is 11.9. The van der Waals surface area contributed by atoms with Gasteiger partial charge in [0.1, 0.15) is 0 Å².